The van der Waals surface area contributed by atoms with E-state index in [2.05, 4.69) is 15.3 Å². The minimum atomic E-state index is -1.06. The van der Waals surface area contributed by atoms with E-state index in [1.165, 1.54) is 25.2 Å². The average Bonchev–Trinajstić information content (AvgIpc) is 3.02. The van der Waals surface area contributed by atoms with Crippen LogP contribution in [0.5, 0.6) is 0 Å². The van der Waals surface area contributed by atoms with E-state index in [1.54, 1.807) is 0 Å². The van der Waals surface area contributed by atoms with E-state index in [-0.39, 0.29) is 17.3 Å². The quantitative estimate of drug-likeness (QED) is 0.863. The molecular weight excluding hydrogens is 246 g/mol. The van der Waals surface area contributed by atoms with Gasteiger partial charge in [-0.2, -0.15) is 0 Å². The van der Waals surface area contributed by atoms with Gasteiger partial charge in [0.25, 0.3) is 0 Å². The smallest absolute Gasteiger partial charge is 0.356 e. The molecule has 2 fully saturated rings. The molecule has 1 spiro atoms. The third-order valence-electron chi connectivity index (χ3n) is 4.07. The molecule has 6 nitrogen and oxygen atoms in total. The van der Waals surface area contributed by atoms with Gasteiger partial charge < -0.3 is 15.2 Å². The second kappa shape index (κ2) is 4.77. The lowest BCUT2D eigenvalue weighted by Crippen LogP contribution is -2.41. The van der Waals surface area contributed by atoms with Crippen molar-refractivity contribution in [1.29, 1.82) is 0 Å². The monoisotopic (exact) mass is 263 g/mol. The summed E-state index contributed by atoms with van der Waals surface area (Å²) in [5.41, 5.74) is -0.0866. The van der Waals surface area contributed by atoms with Crippen molar-refractivity contribution in [1.82, 2.24) is 9.97 Å². The summed E-state index contributed by atoms with van der Waals surface area (Å²) < 4.78 is 5.94. The second-order valence-corrected chi connectivity index (χ2v) is 5.20. The third kappa shape index (κ3) is 2.28. The number of aromatic nitrogens is 2. The van der Waals surface area contributed by atoms with Gasteiger partial charge in [-0.25, -0.2) is 14.8 Å². The van der Waals surface area contributed by atoms with Crippen LogP contribution in [0.1, 0.15) is 42.6 Å². The molecule has 0 radical (unpaired) electrons. The summed E-state index contributed by atoms with van der Waals surface area (Å²) >= 11 is 0. The molecule has 1 saturated carbocycles. The number of carboxylic acids is 1. The molecular formula is C13H17N3O3. The molecule has 6 heteroatoms. The molecule has 1 atom stereocenters. The van der Waals surface area contributed by atoms with Crippen LogP contribution < -0.4 is 5.32 Å². The molecule has 0 aromatic carbocycles. The maximum absolute atomic E-state index is 10.7. The first-order valence-electron chi connectivity index (χ1n) is 6.65. The van der Waals surface area contributed by atoms with Crippen molar-refractivity contribution in [2.75, 3.05) is 11.9 Å². The van der Waals surface area contributed by atoms with Crippen LogP contribution in [0, 0.1) is 0 Å². The maximum Gasteiger partial charge on any atom is 0.356 e. The number of hydrogen-bond donors (Lipinski definition) is 2. The fourth-order valence-corrected chi connectivity index (χ4v) is 3.11. The molecule has 0 bridgehead atoms. The Hall–Kier alpha value is -1.69. The number of anilines is 1. The van der Waals surface area contributed by atoms with Crippen molar-refractivity contribution in [3.05, 3.63) is 18.1 Å². The van der Waals surface area contributed by atoms with Crippen molar-refractivity contribution >= 4 is 11.8 Å². The van der Waals surface area contributed by atoms with Crippen LogP contribution in [-0.4, -0.2) is 39.3 Å². The lowest BCUT2D eigenvalue weighted by Gasteiger charge is -2.30. The van der Waals surface area contributed by atoms with Gasteiger partial charge in [-0.05, 0) is 19.3 Å². The van der Waals surface area contributed by atoms with Crippen molar-refractivity contribution in [2.24, 2.45) is 0 Å². The molecule has 1 aliphatic heterocycles. The predicted octanol–water partition coefficient (Wildman–Crippen LogP) is 1.69. The molecule has 1 unspecified atom stereocenters. The number of hydrogen-bond acceptors (Lipinski definition) is 5. The Morgan fingerprint density at radius 1 is 1.37 bits per heavy atom. The van der Waals surface area contributed by atoms with Crippen LogP contribution in [-0.2, 0) is 4.74 Å². The number of aromatic carboxylic acids is 1. The zero-order valence-electron chi connectivity index (χ0n) is 10.6. The number of rotatable bonds is 3. The van der Waals surface area contributed by atoms with E-state index in [1.807, 2.05) is 0 Å². The molecule has 3 rings (SSSR count). The molecule has 2 N–H and O–H groups in total. The van der Waals surface area contributed by atoms with Crippen LogP contribution in [0.3, 0.4) is 0 Å². The van der Waals surface area contributed by atoms with Gasteiger partial charge in [-0.15, -0.1) is 0 Å². The van der Waals surface area contributed by atoms with Gasteiger partial charge in [-0.3, -0.25) is 0 Å². The highest BCUT2D eigenvalue weighted by atomic mass is 16.5. The maximum atomic E-state index is 10.7. The molecule has 2 heterocycles. The molecule has 102 valence electrons. The summed E-state index contributed by atoms with van der Waals surface area (Å²) in [5, 5.41) is 12.1. The van der Waals surface area contributed by atoms with E-state index in [0.29, 0.717) is 5.82 Å². The summed E-state index contributed by atoms with van der Waals surface area (Å²) in [5.74, 6) is -0.442. The SMILES string of the molecule is O=C(O)c1cnc(NC2CCOC23CCCC3)cn1. The highest BCUT2D eigenvalue weighted by Gasteiger charge is 2.46. The molecule has 2 aliphatic rings. The van der Waals surface area contributed by atoms with E-state index in [4.69, 9.17) is 9.84 Å². The summed E-state index contributed by atoms with van der Waals surface area (Å²) in [6.45, 7) is 0.776. The summed E-state index contributed by atoms with van der Waals surface area (Å²) in [6, 6.07) is 0.250. The molecule has 1 saturated heterocycles. The standard InChI is InChI=1S/C13H17N3O3/c17-12(18)9-7-15-11(8-14-9)16-10-3-6-19-13(10)4-1-2-5-13/h7-8,10H,1-6H2,(H,15,16)(H,17,18). The van der Waals surface area contributed by atoms with Crippen LogP contribution >= 0.6 is 0 Å². The number of carbonyl (C=O) groups is 1. The Labute approximate surface area is 111 Å². The van der Waals surface area contributed by atoms with Gasteiger partial charge >= 0.3 is 5.97 Å². The Morgan fingerprint density at radius 3 is 2.79 bits per heavy atom. The van der Waals surface area contributed by atoms with Gasteiger partial charge in [0, 0.05) is 6.61 Å². The Kier molecular flexibility index (Phi) is 3.10. The lowest BCUT2D eigenvalue weighted by molar-refractivity contribution is 0.00516. The van der Waals surface area contributed by atoms with Gasteiger partial charge in [0.1, 0.15) is 5.82 Å². The van der Waals surface area contributed by atoms with Gasteiger partial charge in [0.05, 0.1) is 24.0 Å². The second-order valence-electron chi connectivity index (χ2n) is 5.20. The molecule has 19 heavy (non-hydrogen) atoms. The van der Waals surface area contributed by atoms with E-state index in [9.17, 15) is 4.79 Å². The van der Waals surface area contributed by atoms with Crippen LogP contribution in [0.4, 0.5) is 5.82 Å². The first kappa shape index (κ1) is 12.3. The van der Waals surface area contributed by atoms with Gasteiger partial charge in [-0.1, -0.05) is 12.8 Å². The van der Waals surface area contributed by atoms with Crippen LogP contribution in [0.25, 0.3) is 0 Å². The highest BCUT2D eigenvalue weighted by Crippen LogP contribution is 2.42. The summed E-state index contributed by atoms with van der Waals surface area (Å²) in [6.07, 6.45) is 8.31. The molecule has 1 aromatic heterocycles. The van der Waals surface area contributed by atoms with Gasteiger partial charge in [0.15, 0.2) is 5.69 Å². The number of ether oxygens (including phenoxy) is 1. The molecule has 1 aromatic rings. The highest BCUT2D eigenvalue weighted by molar-refractivity contribution is 5.84. The Bertz CT molecular complexity index is 463. The average molecular weight is 263 g/mol. The van der Waals surface area contributed by atoms with E-state index in [0.717, 1.165) is 25.9 Å². The predicted molar refractivity (Wildman–Crippen MR) is 68.2 cm³/mol. The Balaban J connectivity index is 1.72. The first-order chi connectivity index (χ1) is 9.20. The topological polar surface area (TPSA) is 84.3 Å². The Morgan fingerprint density at radius 2 is 2.16 bits per heavy atom. The molecule has 0 amide bonds. The first-order valence-corrected chi connectivity index (χ1v) is 6.65. The van der Waals surface area contributed by atoms with E-state index >= 15 is 0 Å². The van der Waals surface area contributed by atoms with Crippen molar-refractivity contribution in [3.8, 4) is 0 Å². The van der Waals surface area contributed by atoms with E-state index < -0.39 is 5.97 Å². The van der Waals surface area contributed by atoms with Crippen molar-refractivity contribution < 1.29 is 14.6 Å². The largest absolute Gasteiger partial charge is 0.476 e. The lowest BCUT2D eigenvalue weighted by atomic mass is 9.92. The number of nitrogens with zero attached hydrogens (tertiary/aromatic N) is 2. The zero-order chi connectivity index (χ0) is 13.3. The van der Waals surface area contributed by atoms with Gasteiger partial charge in [0.2, 0.25) is 0 Å². The fraction of sp³-hybridized carbons (Fsp3) is 0.615. The fourth-order valence-electron chi connectivity index (χ4n) is 3.11. The zero-order valence-corrected chi connectivity index (χ0v) is 10.6. The van der Waals surface area contributed by atoms with Crippen LogP contribution in [0.2, 0.25) is 0 Å². The molecule has 1 aliphatic carbocycles. The normalized spacial score (nSPS) is 24.7. The minimum absolute atomic E-state index is 0.0381. The van der Waals surface area contributed by atoms with Crippen molar-refractivity contribution in [2.45, 2.75) is 43.7 Å². The van der Waals surface area contributed by atoms with Crippen LogP contribution in [0.15, 0.2) is 12.4 Å². The summed E-state index contributed by atoms with van der Waals surface area (Å²) in [4.78, 5) is 18.7. The number of carboxylic acid groups (broad SMARTS) is 1. The third-order valence-corrected chi connectivity index (χ3v) is 4.07. The van der Waals surface area contributed by atoms with Crippen molar-refractivity contribution in [3.63, 3.8) is 0 Å². The number of nitrogens with one attached hydrogen (secondary N) is 1. The minimum Gasteiger partial charge on any atom is -0.476 e. The summed E-state index contributed by atoms with van der Waals surface area (Å²) in [7, 11) is 0.